The summed E-state index contributed by atoms with van der Waals surface area (Å²) in [6, 6.07) is 9.76. The van der Waals surface area contributed by atoms with Crippen LogP contribution in [0, 0.1) is 0 Å². The zero-order chi connectivity index (χ0) is 14.9. The van der Waals surface area contributed by atoms with Gasteiger partial charge in [-0.1, -0.05) is 24.6 Å². The van der Waals surface area contributed by atoms with Crippen LogP contribution in [0.15, 0.2) is 36.5 Å². The minimum absolute atomic E-state index is 0.188. The van der Waals surface area contributed by atoms with Crippen molar-refractivity contribution in [2.75, 3.05) is 12.8 Å². The topological polar surface area (TPSA) is 59.1 Å². The predicted octanol–water partition coefficient (Wildman–Crippen LogP) is 2.46. The fourth-order valence-corrected chi connectivity index (χ4v) is 5.32. The van der Waals surface area contributed by atoms with Gasteiger partial charge in [0.2, 0.25) is 0 Å². The summed E-state index contributed by atoms with van der Waals surface area (Å²) in [5.41, 5.74) is 1.88. The first-order chi connectivity index (χ1) is 10.1. The number of hydrogen-bond donors (Lipinski definition) is 1. The number of hydrogen-bond acceptors (Lipinski definition) is 4. The Morgan fingerprint density at radius 1 is 1.29 bits per heavy atom. The molecule has 0 bridgehead atoms. The number of para-hydroxylation sites is 1. The molecule has 112 valence electrons. The van der Waals surface area contributed by atoms with E-state index in [1.54, 1.807) is 6.20 Å². The van der Waals surface area contributed by atoms with E-state index in [9.17, 15) is 8.42 Å². The summed E-state index contributed by atoms with van der Waals surface area (Å²) in [7, 11) is -1.20. The highest BCUT2D eigenvalue weighted by Gasteiger charge is 2.35. The van der Waals surface area contributed by atoms with E-state index in [0.717, 1.165) is 35.7 Å². The molecule has 1 fully saturated rings. The molecule has 2 heterocycles. The lowest BCUT2D eigenvalue weighted by Gasteiger charge is -2.30. The SMILES string of the molecule is CNC(c1cnc2ccccc2c1)C1CCCCS1(=O)=O. The molecule has 1 aromatic heterocycles. The van der Waals surface area contributed by atoms with Gasteiger partial charge in [-0.15, -0.1) is 0 Å². The smallest absolute Gasteiger partial charge is 0.155 e. The summed E-state index contributed by atoms with van der Waals surface area (Å²) in [6.07, 6.45) is 4.28. The Bertz CT molecular complexity index is 743. The molecule has 5 heteroatoms. The molecule has 1 aromatic carbocycles. The fourth-order valence-electron chi connectivity index (χ4n) is 3.18. The average Bonchev–Trinajstić information content (AvgIpc) is 2.49. The maximum absolute atomic E-state index is 12.4. The molecule has 2 atom stereocenters. The molecule has 0 spiro atoms. The molecule has 4 nitrogen and oxygen atoms in total. The largest absolute Gasteiger partial charge is 0.312 e. The van der Waals surface area contributed by atoms with Gasteiger partial charge in [-0.05, 0) is 37.6 Å². The Morgan fingerprint density at radius 2 is 2.10 bits per heavy atom. The van der Waals surface area contributed by atoms with Gasteiger partial charge in [-0.3, -0.25) is 4.98 Å². The number of benzene rings is 1. The normalized spacial score (nSPS) is 23.0. The van der Waals surface area contributed by atoms with Crippen molar-refractivity contribution in [3.05, 3.63) is 42.1 Å². The lowest BCUT2D eigenvalue weighted by atomic mass is 9.99. The Morgan fingerprint density at radius 3 is 2.86 bits per heavy atom. The Balaban J connectivity index is 2.01. The van der Waals surface area contributed by atoms with E-state index >= 15 is 0 Å². The lowest BCUT2D eigenvalue weighted by molar-refractivity contribution is 0.469. The van der Waals surface area contributed by atoms with Gasteiger partial charge in [-0.2, -0.15) is 0 Å². The third-order valence-electron chi connectivity index (χ3n) is 4.28. The van der Waals surface area contributed by atoms with Gasteiger partial charge in [0.25, 0.3) is 0 Å². The first kappa shape index (κ1) is 14.5. The molecular weight excluding hydrogens is 284 g/mol. The molecule has 2 unspecified atom stereocenters. The quantitative estimate of drug-likeness (QED) is 0.946. The van der Waals surface area contributed by atoms with Crippen molar-refractivity contribution in [3.8, 4) is 0 Å². The molecule has 3 rings (SSSR count). The van der Waals surface area contributed by atoms with Crippen LogP contribution in [0.5, 0.6) is 0 Å². The van der Waals surface area contributed by atoms with Crippen molar-refractivity contribution in [1.29, 1.82) is 0 Å². The minimum Gasteiger partial charge on any atom is -0.312 e. The van der Waals surface area contributed by atoms with E-state index in [1.807, 2.05) is 37.4 Å². The van der Waals surface area contributed by atoms with Crippen LogP contribution < -0.4 is 5.32 Å². The molecule has 1 aliphatic heterocycles. The van der Waals surface area contributed by atoms with E-state index in [4.69, 9.17) is 0 Å². The summed E-state index contributed by atoms with van der Waals surface area (Å²) in [5, 5.41) is 3.89. The van der Waals surface area contributed by atoms with Gasteiger partial charge >= 0.3 is 0 Å². The second-order valence-corrected chi connectivity index (χ2v) is 7.97. The van der Waals surface area contributed by atoms with Gasteiger partial charge in [0, 0.05) is 11.6 Å². The van der Waals surface area contributed by atoms with Crippen LogP contribution in [0.4, 0.5) is 0 Å². The first-order valence-electron chi connectivity index (χ1n) is 7.35. The maximum atomic E-state index is 12.4. The number of sulfone groups is 1. The van der Waals surface area contributed by atoms with Crippen LogP contribution >= 0.6 is 0 Å². The van der Waals surface area contributed by atoms with Crippen LogP contribution in [0.1, 0.15) is 30.9 Å². The van der Waals surface area contributed by atoms with Crippen molar-refractivity contribution >= 4 is 20.7 Å². The van der Waals surface area contributed by atoms with Gasteiger partial charge in [0.05, 0.1) is 22.6 Å². The zero-order valence-electron chi connectivity index (χ0n) is 12.1. The van der Waals surface area contributed by atoms with E-state index in [2.05, 4.69) is 10.3 Å². The summed E-state index contributed by atoms with van der Waals surface area (Å²) >= 11 is 0. The van der Waals surface area contributed by atoms with Crippen molar-refractivity contribution in [3.63, 3.8) is 0 Å². The van der Waals surface area contributed by atoms with E-state index < -0.39 is 9.84 Å². The molecule has 21 heavy (non-hydrogen) atoms. The van der Waals surface area contributed by atoms with Crippen LogP contribution in [-0.2, 0) is 9.84 Å². The molecule has 2 aromatic rings. The minimum atomic E-state index is -3.03. The second kappa shape index (κ2) is 5.73. The highest BCUT2D eigenvalue weighted by atomic mass is 32.2. The van der Waals surface area contributed by atoms with Gasteiger partial charge in [0.15, 0.2) is 9.84 Å². The van der Waals surface area contributed by atoms with Crippen molar-refractivity contribution < 1.29 is 8.42 Å². The van der Waals surface area contributed by atoms with Gasteiger partial charge < -0.3 is 5.32 Å². The van der Waals surface area contributed by atoms with Crippen LogP contribution in [-0.4, -0.2) is 31.5 Å². The van der Waals surface area contributed by atoms with E-state index in [-0.39, 0.29) is 11.3 Å². The molecule has 0 aliphatic carbocycles. The molecule has 1 aliphatic rings. The third-order valence-corrected chi connectivity index (χ3v) is 6.57. The lowest BCUT2D eigenvalue weighted by Crippen LogP contribution is -2.39. The van der Waals surface area contributed by atoms with Crippen LogP contribution in [0.3, 0.4) is 0 Å². The molecule has 0 radical (unpaired) electrons. The number of fused-ring (bicyclic) bond motifs is 1. The zero-order valence-corrected chi connectivity index (χ0v) is 12.9. The standard InChI is InChI=1S/C16H20N2O2S/c1-17-16(15-8-4-5-9-21(15,19)20)13-10-12-6-2-3-7-14(12)18-11-13/h2-3,6-7,10-11,15-17H,4-5,8-9H2,1H3. The Labute approximate surface area is 125 Å². The number of nitrogens with one attached hydrogen (secondary N) is 1. The third kappa shape index (κ3) is 2.80. The van der Waals surface area contributed by atoms with E-state index in [0.29, 0.717) is 5.75 Å². The number of aromatic nitrogens is 1. The number of rotatable bonds is 3. The monoisotopic (exact) mass is 304 g/mol. The number of pyridine rings is 1. The fraction of sp³-hybridized carbons (Fsp3) is 0.438. The molecule has 0 amide bonds. The Kier molecular flexibility index (Phi) is 3.95. The average molecular weight is 304 g/mol. The maximum Gasteiger partial charge on any atom is 0.155 e. The summed E-state index contributed by atoms with van der Waals surface area (Å²) < 4.78 is 24.7. The van der Waals surface area contributed by atoms with Gasteiger partial charge in [-0.25, -0.2) is 8.42 Å². The molecular formula is C16H20N2O2S. The van der Waals surface area contributed by atoms with Crippen LogP contribution in [0.25, 0.3) is 10.9 Å². The highest BCUT2D eigenvalue weighted by Crippen LogP contribution is 2.31. The summed E-state index contributed by atoms with van der Waals surface area (Å²) in [5.74, 6) is 0.302. The highest BCUT2D eigenvalue weighted by molar-refractivity contribution is 7.92. The molecule has 1 N–H and O–H groups in total. The van der Waals surface area contributed by atoms with Crippen molar-refractivity contribution in [1.82, 2.24) is 10.3 Å². The second-order valence-electron chi connectivity index (χ2n) is 5.63. The van der Waals surface area contributed by atoms with E-state index in [1.165, 1.54) is 0 Å². The van der Waals surface area contributed by atoms with Gasteiger partial charge in [0.1, 0.15) is 0 Å². The van der Waals surface area contributed by atoms with Crippen molar-refractivity contribution in [2.24, 2.45) is 0 Å². The molecule has 1 saturated heterocycles. The number of nitrogens with zero attached hydrogens (tertiary/aromatic N) is 1. The Hall–Kier alpha value is -1.46. The summed E-state index contributed by atoms with van der Waals surface area (Å²) in [6.45, 7) is 0. The molecule has 0 saturated carbocycles. The predicted molar refractivity (Wildman–Crippen MR) is 85.0 cm³/mol. The van der Waals surface area contributed by atoms with Crippen molar-refractivity contribution in [2.45, 2.75) is 30.6 Å². The first-order valence-corrected chi connectivity index (χ1v) is 9.07. The summed E-state index contributed by atoms with van der Waals surface area (Å²) in [4.78, 5) is 4.46. The van der Waals surface area contributed by atoms with Crippen LogP contribution in [0.2, 0.25) is 0 Å².